The van der Waals surface area contributed by atoms with Gasteiger partial charge < -0.3 is 16.0 Å². The number of hydrogen-bond acceptors (Lipinski definition) is 2. The lowest BCUT2D eigenvalue weighted by molar-refractivity contribution is 0.234. The minimum atomic E-state index is -0.0812. The molecule has 0 aliphatic heterocycles. The van der Waals surface area contributed by atoms with Crippen LogP contribution in [0, 0.1) is 5.92 Å². The number of hydrogen-bond donors (Lipinski definition) is 3. The maximum Gasteiger partial charge on any atom is 0.315 e. The molecule has 1 aromatic rings. The summed E-state index contributed by atoms with van der Waals surface area (Å²) in [6.07, 6.45) is 1.97. The first kappa shape index (κ1) is 19.5. The molecule has 0 fully saturated rings. The molecule has 0 heterocycles. The van der Waals surface area contributed by atoms with Crippen molar-refractivity contribution in [2.75, 3.05) is 6.54 Å². The van der Waals surface area contributed by atoms with Gasteiger partial charge in [-0.25, -0.2) is 4.79 Å². The third-order valence-corrected chi connectivity index (χ3v) is 4.04. The third kappa shape index (κ3) is 8.03. The molecule has 1 rings (SSSR count). The molecule has 1 aromatic carbocycles. The fourth-order valence-corrected chi connectivity index (χ4v) is 2.56. The second kappa shape index (κ2) is 10.3. The van der Waals surface area contributed by atoms with Crippen LogP contribution in [0.1, 0.15) is 59.1 Å². The van der Waals surface area contributed by atoms with Crippen molar-refractivity contribution in [1.29, 1.82) is 0 Å². The van der Waals surface area contributed by atoms with Gasteiger partial charge in [0.05, 0.1) is 0 Å². The number of amides is 2. The van der Waals surface area contributed by atoms with Crippen molar-refractivity contribution in [2.24, 2.45) is 5.92 Å². The Labute approximate surface area is 141 Å². The zero-order chi connectivity index (χ0) is 17.2. The molecule has 0 saturated heterocycles. The van der Waals surface area contributed by atoms with Crippen LogP contribution in [0.4, 0.5) is 4.79 Å². The second-order valence-electron chi connectivity index (χ2n) is 6.79. The standard InChI is InChI=1S/C19H33N3O/c1-6-15(4)21-19(23)20-13-18(12-14(2)3)22-16(5)17-10-8-7-9-11-17/h7-11,14-16,18,22H,6,12-13H2,1-5H3,(H2,20,21,23)/t15-,16-,18+/m0/s1. The second-order valence-corrected chi connectivity index (χ2v) is 6.79. The maximum absolute atomic E-state index is 11.9. The van der Waals surface area contributed by atoms with E-state index in [4.69, 9.17) is 0 Å². The lowest BCUT2D eigenvalue weighted by Crippen LogP contribution is -2.47. The van der Waals surface area contributed by atoms with Crippen molar-refractivity contribution in [2.45, 2.75) is 65.6 Å². The summed E-state index contributed by atoms with van der Waals surface area (Å²) in [7, 11) is 0. The minimum Gasteiger partial charge on any atom is -0.337 e. The summed E-state index contributed by atoms with van der Waals surface area (Å²) in [6, 6.07) is 11.1. The van der Waals surface area contributed by atoms with Crippen molar-refractivity contribution < 1.29 is 4.79 Å². The van der Waals surface area contributed by atoms with Crippen LogP contribution in [0.25, 0.3) is 0 Å². The average Bonchev–Trinajstić information content (AvgIpc) is 2.52. The van der Waals surface area contributed by atoms with Gasteiger partial charge in [-0.2, -0.15) is 0 Å². The molecule has 2 amide bonds. The first-order valence-electron chi connectivity index (χ1n) is 8.77. The lowest BCUT2D eigenvalue weighted by atomic mass is 10.0. The van der Waals surface area contributed by atoms with Crippen molar-refractivity contribution in [3.8, 4) is 0 Å². The molecule has 0 radical (unpaired) electrons. The summed E-state index contributed by atoms with van der Waals surface area (Å²) in [5.74, 6) is 0.579. The van der Waals surface area contributed by atoms with E-state index in [1.807, 2.05) is 13.0 Å². The molecule has 0 bridgehead atoms. The van der Waals surface area contributed by atoms with Crippen LogP contribution in [0.15, 0.2) is 30.3 Å². The fourth-order valence-electron chi connectivity index (χ4n) is 2.56. The highest BCUT2D eigenvalue weighted by Crippen LogP contribution is 2.14. The molecule has 0 aromatic heterocycles. The molecule has 0 aliphatic carbocycles. The topological polar surface area (TPSA) is 53.2 Å². The van der Waals surface area contributed by atoms with Crippen molar-refractivity contribution in [3.63, 3.8) is 0 Å². The largest absolute Gasteiger partial charge is 0.337 e. The molecule has 4 nitrogen and oxygen atoms in total. The van der Waals surface area contributed by atoms with Gasteiger partial charge in [-0.3, -0.25) is 0 Å². The Bertz CT molecular complexity index is 447. The number of urea groups is 1. The Balaban J connectivity index is 2.53. The van der Waals surface area contributed by atoms with Gasteiger partial charge >= 0.3 is 6.03 Å². The molecule has 4 heteroatoms. The predicted molar refractivity (Wildman–Crippen MR) is 97.5 cm³/mol. The molecular formula is C19H33N3O. The van der Waals surface area contributed by atoms with Gasteiger partial charge in [0, 0.05) is 24.7 Å². The maximum atomic E-state index is 11.9. The number of nitrogens with one attached hydrogen (secondary N) is 3. The van der Waals surface area contributed by atoms with Gasteiger partial charge in [-0.15, -0.1) is 0 Å². The van der Waals surface area contributed by atoms with Crippen LogP contribution in [-0.4, -0.2) is 24.7 Å². The Morgan fingerprint density at radius 2 is 1.74 bits per heavy atom. The van der Waals surface area contributed by atoms with Crippen LogP contribution in [-0.2, 0) is 0 Å². The van der Waals surface area contributed by atoms with E-state index in [1.165, 1.54) is 5.56 Å². The molecule has 0 aliphatic rings. The third-order valence-electron chi connectivity index (χ3n) is 4.04. The smallest absolute Gasteiger partial charge is 0.315 e. The minimum absolute atomic E-state index is 0.0812. The summed E-state index contributed by atoms with van der Waals surface area (Å²) in [5.41, 5.74) is 1.27. The SMILES string of the molecule is CC[C@H](C)NC(=O)NC[C@@H](CC(C)C)N[C@@H](C)c1ccccc1. The zero-order valence-electron chi connectivity index (χ0n) is 15.2. The monoisotopic (exact) mass is 319 g/mol. The van der Waals surface area contributed by atoms with Crippen molar-refractivity contribution in [3.05, 3.63) is 35.9 Å². The van der Waals surface area contributed by atoms with E-state index in [1.54, 1.807) is 0 Å². The molecule has 0 unspecified atom stereocenters. The Morgan fingerprint density at radius 3 is 2.30 bits per heavy atom. The highest BCUT2D eigenvalue weighted by atomic mass is 16.2. The highest BCUT2D eigenvalue weighted by Gasteiger charge is 2.16. The fraction of sp³-hybridized carbons (Fsp3) is 0.632. The molecule has 3 atom stereocenters. The Morgan fingerprint density at radius 1 is 1.09 bits per heavy atom. The predicted octanol–water partition coefficient (Wildman–Crippen LogP) is 3.85. The Hall–Kier alpha value is -1.55. The van der Waals surface area contributed by atoms with Gasteiger partial charge in [0.15, 0.2) is 0 Å². The van der Waals surface area contributed by atoms with Crippen LogP contribution in [0.3, 0.4) is 0 Å². The quantitative estimate of drug-likeness (QED) is 0.647. The van der Waals surface area contributed by atoms with E-state index in [9.17, 15) is 4.79 Å². The first-order valence-corrected chi connectivity index (χ1v) is 8.77. The first-order chi connectivity index (χ1) is 10.9. The van der Waals surface area contributed by atoms with Crippen molar-refractivity contribution in [1.82, 2.24) is 16.0 Å². The van der Waals surface area contributed by atoms with E-state index < -0.39 is 0 Å². The van der Waals surface area contributed by atoms with Gasteiger partial charge in [-0.1, -0.05) is 51.1 Å². The molecule has 0 spiro atoms. The zero-order valence-corrected chi connectivity index (χ0v) is 15.2. The summed E-state index contributed by atoms with van der Waals surface area (Å²) in [5, 5.41) is 9.59. The van der Waals surface area contributed by atoms with Crippen LogP contribution >= 0.6 is 0 Å². The number of rotatable bonds is 9. The van der Waals surface area contributed by atoms with Gasteiger partial charge in [0.2, 0.25) is 0 Å². The average molecular weight is 319 g/mol. The van der Waals surface area contributed by atoms with Crippen LogP contribution in [0.5, 0.6) is 0 Å². The summed E-state index contributed by atoms with van der Waals surface area (Å²) >= 11 is 0. The normalized spacial score (nSPS) is 15.0. The summed E-state index contributed by atoms with van der Waals surface area (Å²) < 4.78 is 0. The number of carbonyl (C=O) groups excluding carboxylic acids is 1. The summed E-state index contributed by atoms with van der Waals surface area (Å²) in [6.45, 7) is 11.3. The summed E-state index contributed by atoms with van der Waals surface area (Å²) in [4.78, 5) is 11.9. The van der Waals surface area contributed by atoms with E-state index in [0.29, 0.717) is 12.5 Å². The van der Waals surface area contributed by atoms with Crippen LogP contribution in [0.2, 0.25) is 0 Å². The van der Waals surface area contributed by atoms with E-state index in [2.05, 4.69) is 67.9 Å². The molecule has 0 saturated carbocycles. The van der Waals surface area contributed by atoms with Gasteiger partial charge in [-0.05, 0) is 38.2 Å². The van der Waals surface area contributed by atoms with E-state index in [0.717, 1.165) is 12.8 Å². The number of benzene rings is 1. The Kier molecular flexibility index (Phi) is 8.70. The molecule has 3 N–H and O–H groups in total. The molecule has 23 heavy (non-hydrogen) atoms. The van der Waals surface area contributed by atoms with Crippen LogP contribution < -0.4 is 16.0 Å². The molecule has 130 valence electrons. The van der Waals surface area contributed by atoms with Crippen molar-refractivity contribution >= 4 is 6.03 Å². The number of carbonyl (C=O) groups is 1. The van der Waals surface area contributed by atoms with Gasteiger partial charge in [0.1, 0.15) is 0 Å². The van der Waals surface area contributed by atoms with E-state index in [-0.39, 0.29) is 24.2 Å². The lowest BCUT2D eigenvalue weighted by Gasteiger charge is -2.26. The molecular weight excluding hydrogens is 286 g/mol. The van der Waals surface area contributed by atoms with E-state index >= 15 is 0 Å². The highest BCUT2D eigenvalue weighted by molar-refractivity contribution is 5.74. The van der Waals surface area contributed by atoms with Gasteiger partial charge in [0.25, 0.3) is 0 Å².